The van der Waals surface area contributed by atoms with Crippen molar-refractivity contribution < 1.29 is 17.9 Å². The smallest absolute Gasteiger partial charge is 0.241 e. The number of carbonyl (C=O) groups is 1. The molecule has 0 fully saturated rings. The molecule has 0 saturated carbocycles. The van der Waals surface area contributed by atoms with Gasteiger partial charge in [-0.25, -0.2) is 18.1 Å². The van der Waals surface area contributed by atoms with Gasteiger partial charge in [-0.05, 0) is 81.0 Å². The number of sulfonamides is 1. The van der Waals surface area contributed by atoms with Crippen molar-refractivity contribution in [3.8, 4) is 5.88 Å². The molecule has 7 nitrogen and oxygen atoms in total. The Kier molecular flexibility index (Phi) is 7.97. The number of ether oxygens (including phenoxy) is 1. The molecule has 0 atom stereocenters. The maximum atomic E-state index is 12.9. The number of benzene rings is 1. The number of carbonyl (C=O) groups excluding carboxylic acids is 1. The van der Waals surface area contributed by atoms with Gasteiger partial charge in [0.05, 0.1) is 11.5 Å². The fraction of sp³-hybridized carbons (Fsp3) is 0.455. The summed E-state index contributed by atoms with van der Waals surface area (Å²) < 4.78 is 33.7. The molecule has 0 aliphatic rings. The molecule has 0 aliphatic heterocycles. The molecule has 1 aromatic heterocycles. The molecule has 1 heterocycles. The highest BCUT2D eigenvalue weighted by Gasteiger charge is 2.23. The first kappa shape index (κ1) is 23.8. The molecule has 0 radical (unpaired) electrons. The molecule has 0 bridgehead atoms. The Morgan fingerprint density at radius 3 is 2.23 bits per heavy atom. The summed E-state index contributed by atoms with van der Waals surface area (Å²) in [6, 6.07) is 3.55. The van der Waals surface area contributed by atoms with Gasteiger partial charge in [0.15, 0.2) is 0 Å². The molecule has 0 unspecified atom stereocenters. The number of hydrogen-bond donors (Lipinski definition) is 2. The van der Waals surface area contributed by atoms with Gasteiger partial charge in [0.2, 0.25) is 21.8 Å². The van der Waals surface area contributed by atoms with E-state index in [1.54, 1.807) is 18.3 Å². The number of nitrogens with zero attached hydrogens (tertiary/aromatic N) is 1. The molecule has 0 saturated heterocycles. The highest BCUT2D eigenvalue weighted by molar-refractivity contribution is 7.89. The van der Waals surface area contributed by atoms with Gasteiger partial charge in [-0.15, -0.1) is 0 Å². The summed E-state index contributed by atoms with van der Waals surface area (Å²) >= 11 is 0. The van der Waals surface area contributed by atoms with E-state index in [9.17, 15) is 13.2 Å². The first-order valence-corrected chi connectivity index (χ1v) is 11.5. The van der Waals surface area contributed by atoms with E-state index in [0.717, 1.165) is 33.4 Å². The Bertz CT molecular complexity index is 1000. The van der Waals surface area contributed by atoms with Crippen molar-refractivity contribution in [2.75, 3.05) is 13.2 Å². The lowest BCUT2D eigenvalue weighted by atomic mass is 9.95. The lowest BCUT2D eigenvalue weighted by Gasteiger charge is -2.19. The van der Waals surface area contributed by atoms with Crippen LogP contribution in [0.4, 0.5) is 0 Å². The Hall–Kier alpha value is -2.45. The highest BCUT2D eigenvalue weighted by Crippen LogP contribution is 2.29. The third-order valence-corrected chi connectivity index (χ3v) is 7.16. The van der Waals surface area contributed by atoms with Crippen LogP contribution < -0.4 is 14.8 Å². The van der Waals surface area contributed by atoms with Crippen molar-refractivity contribution in [1.29, 1.82) is 0 Å². The Morgan fingerprint density at radius 2 is 1.63 bits per heavy atom. The second-order valence-corrected chi connectivity index (χ2v) is 9.02. The molecule has 2 aromatic rings. The van der Waals surface area contributed by atoms with E-state index in [1.165, 1.54) is 0 Å². The highest BCUT2D eigenvalue weighted by atomic mass is 32.2. The predicted molar refractivity (Wildman–Crippen MR) is 117 cm³/mol. The summed E-state index contributed by atoms with van der Waals surface area (Å²) in [7, 11) is -3.71. The van der Waals surface area contributed by atoms with Crippen LogP contribution in [0, 0.1) is 34.6 Å². The van der Waals surface area contributed by atoms with E-state index in [-0.39, 0.29) is 18.9 Å². The molecular formula is C22H31N3O4S. The number of rotatable bonds is 9. The van der Waals surface area contributed by atoms with Crippen LogP contribution in [0.1, 0.15) is 46.7 Å². The normalized spacial score (nSPS) is 11.4. The minimum absolute atomic E-state index is 0.0273. The van der Waals surface area contributed by atoms with Crippen molar-refractivity contribution in [1.82, 2.24) is 15.0 Å². The van der Waals surface area contributed by atoms with Crippen molar-refractivity contribution in [3.63, 3.8) is 0 Å². The summed E-state index contributed by atoms with van der Waals surface area (Å²) in [6.07, 6.45) is 1.67. The van der Waals surface area contributed by atoms with Gasteiger partial charge < -0.3 is 10.1 Å². The Balaban J connectivity index is 1.96. The van der Waals surface area contributed by atoms with Gasteiger partial charge in [-0.2, -0.15) is 0 Å². The standard InChI is InChI=1S/C22H31N3O4S/c1-7-29-21-12-19(8-10-23-21)13-24-20(26)9-11-25-30(27,28)22-17(5)15(3)14(2)16(4)18(22)6/h8,10,12,25H,7,9,11,13H2,1-6H3,(H,24,26). The van der Waals surface area contributed by atoms with Crippen LogP contribution in [0.15, 0.2) is 23.2 Å². The second kappa shape index (κ2) is 10.0. The number of aromatic nitrogens is 1. The number of amides is 1. The fourth-order valence-electron chi connectivity index (χ4n) is 3.32. The molecule has 30 heavy (non-hydrogen) atoms. The van der Waals surface area contributed by atoms with Gasteiger partial charge in [0, 0.05) is 31.8 Å². The third kappa shape index (κ3) is 5.58. The van der Waals surface area contributed by atoms with Crippen LogP contribution >= 0.6 is 0 Å². The van der Waals surface area contributed by atoms with Crippen molar-refractivity contribution in [3.05, 3.63) is 51.7 Å². The first-order valence-electron chi connectivity index (χ1n) is 9.99. The Labute approximate surface area is 179 Å². The second-order valence-electron chi connectivity index (χ2n) is 7.31. The van der Waals surface area contributed by atoms with E-state index in [0.29, 0.717) is 23.9 Å². The van der Waals surface area contributed by atoms with Crippen molar-refractivity contribution in [2.45, 2.75) is 59.4 Å². The van der Waals surface area contributed by atoms with Gasteiger partial charge in [0.1, 0.15) is 0 Å². The van der Waals surface area contributed by atoms with E-state index in [1.807, 2.05) is 41.5 Å². The van der Waals surface area contributed by atoms with Gasteiger partial charge in [-0.1, -0.05) is 0 Å². The molecule has 8 heteroatoms. The van der Waals surface area contributed by atoms with Crippen LogP contribution in [0.3, 0.4) is 0 Å². The summed E-state index contributed by atoms with van der Waals surface area (Å²) in [5.41, 5.74) is 5.40. The summed E-state index contributed by atoms with van der Waals surface area (Å²) in [4.78, 5) is 16.5. The molecular weight excluding hydrogens is 402 g/mol. The number of nitrogens with one attached hydrogen (secondary N) is 2. The van der Waals surface area contributed by atoms with Crippen LogP contribution in [0.5, 0.6) is 5.88 Å². The van der Waals surface area contributed by atoms with Crippen LogP contribution in [-0.4, -0.2) is 32.5 Å². The maximum absolute atomic E-state index is 12.9. The number of hydrogen-bond acceptors (Lipinski definition) is 5. The molecule has 2 N–H and O–H groups in total. The first-order chi connectivity index (χ1) is 14.1. The monoisotopic (exact) mass is 433 g/mol. The molecule has 1 aromatic carbocycles. The summed E-state index contributed by atoms with van der Waals surface area (Å²) in [5, 5.41) is 2.79. The van der Waals surface area contributed by atoms with Gasteiger partial charge in [0.25, 0.3) is 0 Å². The van der Waals surface area contributed by atoms with Gasteiger partial charge >= 0.3 is 0 Å². The predicted octanol–water partition coefficient (Wildman–Crippen LogP) is 3.01. The molecule has 0 aliphatic carbocycles. The largest absolute Gasteiger partial charge is 0.478 e. The molecule has 1 amide bonds. The lowest BCUT2D eigenvalue weighted by Crippen LogP contribution is -2.31. The fourth-order valence-corrected chi connectivity index (χ4v) is 4.94. The minimum Gasteiger partial charge on any atom is -0.478 e. The van der Waals surface area contributed by atoms with Crippen molar-refractivity contribution >= 4 is 15.9 Å². The third-order valence-electron chi connectivity index (χ3n) is 5.43. The zero-order chi connectivity index (χ0) is 22.5. The topological polar surface area (TPSA) is 97.4 Å². The van der Waals surface area contributed by atoms with E-state index < -0.39 is 10.0 Å². The van der Waals surface area contributed by atoms with Crippen LogP contribution in [-0.2, 0) is 21.4 Å². The molecule has 2 rings (SSSR count). The summed E-state index contributed by atoms with van der Waals surface area (Å²) in [6.45, 7) is 12.2. The zero-order valence-electron chi connectivity index (χ0n) is 18.5. The lowest BCUT2D eigenvalue weighted by molar-refractivity contribution is -0.121. The Morgan fingerprint density at radius 1 is 1.03 bits per heavy atom. The maximum Gasteiger partial charge on any atom is 0.241 e. The van der Waals surface area contributed by atoms with Gasteiger partial charge in [-0.3, -0.25) is 4.79 Å². The van der Waals surface area contributed by atoms with E-state index in [2.05, 4.69) is 15.0 Å². The SMILES string of the molecule is CCOc1cc(CNC(=O)CCNS(=O)(=O)c2c(C)c(C)c(C)c(C)c2C)ccn1. The number of pyridine rings is 1. The average molecular weight is 434 g/mol. The average Bonchev–Trinajstić information content (AvgIpc) is 2.69. The molecule has 164 valence electrons. The molecule has 0 spiro atoms. The van der Waals surface area contributed by atoms with Crippen LogP contribution in [0.2, 0.25) is 0 Å². The van der Waals surface area contributed by atoms with E-state index >= 15 is 0 Å². The quantitative estimate of drug-likeness (QED) is 0.634. The summed E-state index contributed by atoms with van der Waals surface area (Å²) in [5.74, 6) is 0.267. The van der Waals surface area contributed by atoms with E-state index in [4.69, 9.17) is 4.74 Å². The van der Waals surface area contributed by atoms with Crippen molar-refractivity contribution in [2.24, 2.45) is 0 Å². The van der Waals surface area contributed by atoms with Crippen LogP contribution in [0.25, 0.3) is 0 Å². The zero-order valence-corrected chi connectivity index (χ0v) is 19.4. The minimum atomic E-state index is -3.71.